The lowest BCUT2D eigenvalue weighted by Gasteiger charge is -2.30. The summed E-state index contributed by atoms with van der Waals surface area (Å²) in [7, 11) is 1.59. The summed E-state index contributed by atoms with van der Waals surface area (Å²) in [6, 6.07) is 7.53. The average molecular weight is 317 g/mol. The van der Waals surface area contributed by atoms with E-state index in [0.717, 1.165) is 18.8 Å². The molecule has 0 bridgehead atoms. The molecule has 2 aromatic rings. The van der Waals surface area contributed by atoms with Crippen LogP contribution in [0.2, 0.25) is 0 Å². The van der Waals surface area contributed by atoms with Crippen molar-refractivity contribution in [2.75, 3.05) is 36.5 Å². The zero-order chi connectivity index (χ0) is 16.4. The number of carbonyl (C=O) groups excluding carboxylic acids is 1. The van der Waals surface area contributed by atoms with Gasteiger partial charge in [0.25, 0.3) is 5.91 Å². The number of ether oxygens (including phenoxy) is 1. The molecule has 0 radical (unpaired) electrons. The van der Waals surface area contributed by atoms with Crippen molar-refractivity contribution in [1.82, 2.24) is 4.74 Å². The highest BCUT2D eigenvalue weighted by molar-refractivity contribution is 6.06. The van der Waals surface area contributed by atoms with Gasteiger partial charge in [0.1, 0.15) is 5.56 Å². The van der Waals surface area contributed by atoms with Gasteiger partial charge in [-0.2, -0.15) is 0 Å². The Balaban J connectivity index is 1.88. The largest absolute Gasteiger partial charge is 0.378 e. The number of nitrogens with zero attached hydrogens (tertiary/aromatic N) is 2. The van der Waals surface area contributed by atoms with E-state index >= 15 is 0 Å². The van der Waals surface area contributed by atoms with Crippen LogP contribution in [0.1, 0.15) is 16.1 Å². The van der Waals surface area contributed by atoms with Crippen molar-refractivity contribution >= 4 is 17.3 Å². The minimum Gasteiger partial charge on any atom is -0.378 e. The van der Waals surface area contributed by atoms with E-state index in [2.05, 4.69) is 10.2 Å². The van der Waals surface area contributed by atoms with E-state index in [1.807, 2.05) is 24.3 Å². The van der Waals surface area contributed by atoms with Gasteiger partial charge in [0.15, 0.2) is 0 Å². The van der Waals surface area contributed by atoms with Crippen molar-refractivity contribution in [3.05, 3.63) is 45.9 Å². The second kappa shape index (κ2) is 6.29. The van der Waals surface area contributed by atoms with Crippen LogP contribution in [0.25, 0.3) is 0 Å². The van der Waals surface area contributed by atoms with Crippen molar-refractivity contribution in [2.24, 2.45) is 7.05 Å². The summed E-state index contributed by atoms with van der Waals surface area (Å²) in [6.45, 7) is 4.51. The second-order valence-corrected chi connectivity index (χ2v) is 5.41. The Bertz CT molecular complexity index is 772. The van der Waals surface area contributed by atoms with Gasteiger partial charge in [-0.15, -0.1) is 0 Å². The Hall–Kier alpha value is -2.54. The number of anilines is 2. The minimum atomic E-state index is -0.633. The van der Waals surface area contributed by atoms with Gasteiger partial charge in [-0.05, 0) is 19.1 Å². The first-order valence-electron chi connectivity index (χ1n) is 7.48. The molecule has 0 saturated carbocycles. The molecule has 1 amide bonds. The fraction of sp³-hybridized carbons (Fsp3) is 0.375. The van der Waals surface area contributed by atoms with Crippen LogP contribution >= 0.6 is 0 Å². The molecule has 7 heteroatoms. The lowest BCUT2D eigenvalue weighted by Crippen LogP contribution is -2.36. The van der Waals surface area contributed by atoms with Crippen molar-refractivity contribution in [2.45, 2.75) is 6.92 Å². The van der Waals surface area contributed by atoms with Crippen LogP contribution in [-0.2, 0) is 11.8 Å². The van der Waals surface area contributed by atoms with Gasteiger partial charge in [0.05, 0.1) is 30.3 Å². The molecule has 3 rings (SSSR count). The number of rotatable bonds is 3. The Morgan fingerprint density at radius 2 is 1.91 bits per heavy atom. The average Bonchev–Trinajstić information content (AvgIpc) is 2.81. The van der Waals surface area contributed by atoms with Crippen LogP contribution in [0.5, 0.6) is 0 Å². The van der Waals surface area contributed by atoms with Crippen molar-refractivity contribution < 1.29 is 14.1 Å². The van der Waals surface area contributed by atoms with E-state index < -0.39 is 11.5 Å². The third-order valence-corrected chi connectivity index (χ3v) is 3.99. The molecular formula is C16H19N3O4. The maximum Gasteiger partial charge on any atom is 0.370 e. The smallest absolute Gasteiger partial charge is 0.370 e. The number of aromatic nitrogens is 1. The lowest BCUT2D eigenvalue weighted by molar-refractivity contribution is 0.102. The van der Waals surface area contributed by atoms with E-state index in [4.69, 9.17) is 9.26 Å². The van der Waals surface area contributed by atoms with Crippen molar-refractivity contribution in [3.8, 4) is 0 Å². The predicted molar refractivity (Wildman–Crippen MR) is 86.1 cm³/mol. The normalized spacial score (nSPS) is 14.8. The van der Waals surface area contributed by atoms with E-state index in [0.29, 0.717) is 24.6 Å². The first-order valence-corrected chi connectivity index (χ1v) is 7.48. The third-order valence-electron chi connectivity index (χ3n) is 3.99. The summed E-state index contributed by atoms with van der Waals surface area (Å²) < 4.78 is 11.6. The molecule has 0 aliphatic carbocycles. The SMILES string of the molecule is Cc1c(C(=O)Nc2ccccc2N2CCOCC2)c(=O)on1C. The summed E-state index contributed by atoms with van der Waals surface area (Å²) >= 11 is 0. The zero-order valence-electron chi connectivity index (χ0n) is 13.2. The molecule has 1 fully saturated rings. The Morgan fingerprint density at radius 1 is 1.22 bits per heavy atom. The molecule has 7 nitrogen and oxygen atoms in total. The predicted octanol–water partition coefficient (Wildman–Crippen LogP) is 1.38. The lowest BCUT2D eigenvalue weighted by atomic mass is 10.2. The third kappa shape index (κ3) is 3.00. The van der Waals surface area contributed by atoms with Gasteiger partial charge in [-0.1, -0.05) is 12.1 Å². The highest BCUT2D eigenvalue weighted by Gasteiger charge is 2.22. The first kappa shape index (κ1) is 15.4. The number of benzene rings is 1. The van der Waals surface area contributed by atoms with E-state index in [-0.39, 0.29) is 5.56 Å². The number of carbonyl (C=O) groups is 1. The quantitative estimate of drug-likeness (QED) is 0.925. The maximum atomic E-state index is 12.5. The highest BCUT2D eigenvalue weighted by atomic mass is 16.5. The highest BCUT2D eigenvalue weighted by Crippen LogP contribution is 2.26. The molecule has 1 aromatic heterocycles. The second-order valence-electron chi connectivity index (χ2n) is 5.41. The van der Waals surface area contributed by atoms with Crippen molar-refractivity contribution in [3.63, 3.8) is 0 Å². The molecule has 1 N–H and O–H groups in total. The van der Waals surface area contributed by atoms with Gasteiger partial charge in [-0.25, -0.2) is 9.53 Å². The van der Waals surface area contributed by atoms with Crippen LogP contribution in [0.15, 0.2) is 33.6 Å². The molecule has 0 unspecified atom stereocenters. The van der Waals surface area contributed by atoms with Crippen LogP contribution in [0.4, 0.5) is 11.4 Å². The van der Waals surface area contributed by atoms with Gasteiger partial charge in [-0.3, -0.25) is 4.79 Å². The fourth-order valence-electron chi connectivity index (χ4n) is 2.64. The molecule has 1 aliphatic rings. The standard InChI is InChI=1S/C16H19N3O4/c1-11-14(16(21)23-18(11)2)15(20)17-12-5-3-4-6-13(12)19-7-9-22-10-8-19/h3-6H,7-10H2,1-2H3,(H,17,20). The molecule has 0 spiro atoms. The van der Waals surface area contributed by atoms with Gasteiger partial charge < -0.3 is 19.5 Å². The van der Waals surface area contributed by atoms with E-state index in [1.165, 1.54) is 4.74 Å². The number of aryl methyl sites for hydroxylation is 1. The summed E-state index contributed by atoms with van der Waals surface area (Å²) in [6.07, 6.45) is 0. The molecule has 1 saturated heterocycles. The number of amides is 1. The van der Waals surface area contributed by atoms with Crippen LogP contribution in [0.3, 0.4) is 0 Å². The summed E-state index contributed by atoms with van der Waals surface area (Å²) in [5, 5.41) is 2.82. The first-order chi connectivity index (χ1) is 11.1. The topological polar surface area (TPSA) is 76.7 Å². The molecule has 23 heavy (non-hydrogen) atoms. The molecule has 2 heterocycles. The Kier molecular flexibility index (Phi) is 4.20. The Labute approximate surface area is 133 Å². The fourth-order valence-corrected chi connectivity index (χ4v) is 2.64. The summed E-state index contributed by atoms with van der Waals surface area (Å²) in [5.74, 6) is -0.461. The number of hydrogen-bond donors (Lipinski definition) is 1. The summed E-state index contributed by atoms with van der Waals surface area (Å²) in [4.78, 5) is 26.4. The minimum absolute atomic E-state index is 0.0317. The zero-order valence-corrected chi connectivity index (χ0v) is 13.2. The Morgan fingerprint density at radius 3 is 2.57 bits per heavy atom. The number of nitrogens with one attached hydrogen (secondary N) is 1. The van der Waals surface area contributed by atoms with Gasteiger partial charge in [0, 0.05) is 20.1 Å². The van der Waals surface area contributed by atoms with E-state index in [1.54, 1.807) is 14.0 Å². The molecular weight excluding hydrogens is 298 g/mol. The van der Waals surface area contributed by atoms with Crippen LogP contribution in [-0.4, -0.2) is 37.0 Å². The van der Waals surface area contributed by atoms with E-state index in [9.17, 15) is 9.59 Å². The molecule has 0 atom stereocenters. The van der Waals surface area contributed by atoms with Gasteiger partial charge in [0.2, 0.25) is 0 Å². The molecule has 1 aromatic carbocycles. The number of hydrogen-bond acceptors (Lipinski definition) is 5. The van der Waals surface area contributed by atoms with Gasteiger partial charge >= 0.3 is 5.63 Å². The van der Waals surface area contributed by atoms with Crippen LogP contribution in [0, 0.1) is 6.92 Å². The maximum absolute atomic E-state index is 12.5. The summed E-state index contributed by atoms with van der Waals surface area (Å²) in [5.41, 5.74) is 1.48. The molecule has 1 aliphatic heterocycles. The monoisotopic (exact) mass is 317 g/mol. The number of morpholine rings is 1. The van der Waals surface area contributed by atoms with Crippen molar-refractivity contribution in [1.29, 1.82) is 0 Å². The molecule has 122 valence electrons. The number of para-hydroxylation sites is 2. The van der Waals surface area contributed by atoms with Crippen LogP contribution < -0.4 is 15.8 Å².